The van der Waals surface area contributed by atoms with Crippen molar-refractivity contribution in [1.82, 2.24) is 10.6 Å². The number of amides is 1. The van der Waals surface area contributed by atoms with Gasteiger partial charge < -0.3 is 15.4 Å². The average molecular weight is 343 g/mol. The molecule has 0 aromatic heterocycles. The molecule has 1 aromatic rings. The van der Waals surface area contributed by atoms with Gasteiger partial charge >= 0.3 is 5.97 Å². The van der Waals surface area contributed by atoms with E-state index in [9.17, 15) is 19.7 Å². The molecule has 2 aliphatic heterocycles. The van der Waals surface area contributed by atoms with Crippen molar-refractivity contribution in [2.24, 2.45) is 0 Å². The first-order chi connectivity index (χ1) is 11.9. The molecular weight excluding hydrogens is 326 g/mol. The minimum absolute atomic E-state index is 0.0996. The lowest BCUT2D eigenvalue weighted by Crippen LogP contribution is -2.30. The Morgan fingerprint density at radius 3 is 2.88 bits per heavy atom. The zero-order valence-electron chi connectivity index (χ0n) is 13.8. The number of carbonyl (C=O) groups excluding carboxylic acids is 2. The van der Waals surface area contributed by atoms with Crippen LogP contribution in [0.25, 0.3) is 0 Å². The lowest BCUT2D eigenvalue weighted by atomic mass is 9.80. The van der Waals surface area contributed by atoms with Crippen molar-refractivity contribution in [3.05, 3.63) is 62.5 Å². The SMILES string of the molecule is CCOC(=O)C1=C(C)NC2=C(C(=O)NC2)C1c1cccc([N+](=O)[O-])c1. The summed E-state index contributed by atoms with van der Waals surface area (Å²) in [6, 6.07) is 5.97. The van der Waals surface area contributed by atoms with Crippen LogP contribution in [0, 0.1) is 10.1 Å². The van der Waals surface area contributed by atoms with E-state index >= 15 is 0 Å². The summed E-state index contributed by atoms with van der Waals surface area (Å²) in [4.78, 5) is 35.4. The van der Waals surface area contributed by atoms with Crippen molar-refractivity contribution in [1.29, 1.82) is 0 Å². The molecule has 1 unspecified atom stereocenters. The molecular formula is C17H17N3O5. The van der Waals surface area contributed by atoms with Crippen LogP contribution in [0.1, 0.15) is 25.3 Å². The minimum Gasteiger partial charge on any atom is -0.463 e. The summed E-state index contributed by atoms with van der Waals surface area (Å²) in [6.07, 6.45) is 0. The maximum atomic E-state index is 12.5. The van der Waals surface area contributed by atoms with E-state index in [0.717, 1.165) is 0 Å². The molecule has 1 atom stereocenters. The van der Waals surface area contributed by atoms with Gasteiger partial charge in [0.15, 0.2) is 0 Å². The normalized spacial score (nSPS) is 19.3. The number of carbonyl (C=O) groups is 2. The number of non-ortho nitro benzene ring substituents is 1. The quantitative estimate of drug-likeness (QED) is 0.487. The van der Waals surface area contributed by atoms with Gasteiger partial charge in [-0.25, -0.2) is 4.79 Å². The molecule has 0 saturated carbocycles. The van der Waals surface area contributed by atoms with Gasteiger partial charge in [-0.1, -0.05) is 12.1 Å². The van der Waals surface area contributed by atoms with Crippen molar-refractivity contribution in [3.8, 4) is 0 Å². The zero-order chi connectivity index (χ0) is 18.1. The summed E-state index contributed by atoms with van der Waals surface area (Å²) in [6.45, 7) is 3.94. The Balaban J connectivity index is 2.16. The van der Waals surface area contributed by atoms with E-state index in [4.69, 9.17) is 4.74 Å². The number of hydrogen-bond acceptors (Lipinski definition) is 6. The molecule has 2 aliphatic rings. The van der Waals surface area contributed by atoms with Crippen LogP contribution >= 0.6 is 0 Å². The number of nitrogens with zero attached hydrogens (tertiary/aromatic N) is 1. The molecule has 130 valence electrons. The van der Waals surface area contributed by atoms with Crippen LogP contribution < -0.4 is 10.6 Å². The van der Waals surface area contributed by atoms with E-state index in [1.807, 2.05) is 0 Å². The van der Waals surface area contributed by atoms with Crippen molar-refractivity contribution in [2.45, 2.75) is 19.8 Å². The second-order valence-electron chi connectivity index (χ2n) is 5.74. The molecule has 0 aliphatic carbocycles. The van der Waals surface area contributed by atoms with Crippen LogP contribution in [0.3, 0.4) is 0 Å². The lowest BCUT2D eigenvalue weighted by Gasteiger charge is -2.28. The highest BCUT2D eigenvalue weighted by Crippen LogP contribution is 2.40. The van der Waals surface area contributed by atoms with E-state index in [2.05, 4.69) is 10.6 Å². The van der Waals surface area contributed by atoms with Crippen molar-refractivity contribution in [3.63, 3.8) is 0 Å². The summed E-state index contributed by atoms with van der Waals surface area (Å²) in [5.41, 5.74) is 2.34. The molecule has 0 bridgehead atoms. The fourth-order valence-electron chi connectivity index (χ4n) is 3.20. The summed E-state index contributed by atoms with van der Waals surface area (Å²) in [5, 5.41) is 16.9. The Kier molecular flexibility index (Phi) is 4.26. The molecule has 0 spiro atoms. The summed E-state index contributed by atoms with van der Waals surface area (Å²) >= 11 is 0. The average Bonchev–Trinajstić information content (AvgIpc) is 2.94. The standard InChI is InChI=1S/C17H17N3O5/c1-3-25-17(22)13-9(2)19-12-8-18-16(21)15(12)14(13)10-5-4-6-11(7-10)20(23)24/h4-7,14,19H,3,8H2,1-2H3,(H,18,21). The Morgan fingerprint density at radius 2 is 2.20 bits per heavy atom. The first-order valence-corrected chi connectivity index (χ1v) is 7.84. The van der Waals surface area contributed by atoms with Gasteiger partial charge in [0.25, 0.3) is 5.69 Å². The van der Waals surface area contributed by atoms with Gasteiger partial charge in [0.2, 0.25) is 5.91 Å². The number of nitro benzene ring substituents is 1. The highest BCUT2D eigenvalue weighted by molar-refractivity contribution is 6.04. The number of benzene rings is 1. The fourth-order valence-corrected chi connectivity index (χ4v) is 3.20. The van der Waals surface area contributed by atoms with E-state index in [1.54, 1.807) is 26.0 Å². The highest BCUT2D eigenvalue weighted by atomic mass is 16.6. The molecule has 1 amide bonds. The third kappa shape index (κ3) is 2.86. The van der Waals surface area contributed by atoms with Gasteiger partial charge in [-0.05, 0) is 19.4 Å². The molecule has 0 saturated heterocycles. The van der Waals surface area contributed by atoms with E-state index in [1.165, 1.54) is 12.1 Å². The maximum Gasteiger partial charge on any atom is 0.336 e. The third-order valence-corrected chi connectivity index (χ3v) is 4.22. The number of nitrogens with one attached hydrogen (secondary N) is 2. The van der Waals surface area contributed by atoms with Gasteiger partial charge in [0.05, 0.1) is 35.1 Å². The summed E-state index contributed by atoms with van der Waals surface area (Å²) < 4.78 is 5.14. The molecule has 8 nitrogen and oxygen atoms in total. The number of allylic oxidation sites excluding steroid dienone is 1. The molecule has 2 N–H and O–H groups in total. The predicted octanol–water partition coefficient (Wildman–Crippen LogP) is 1.50. The molecule has 2 heterocycles. The number of ether oxygens (including phenoxy) is 1. The van der Waals surface area contributed by atoms with Gasteiger partial charge in [-0.3, -0.25) is 14.9 Å². The van der Waals surface area contributed by atoms with Crippen molar-refractivity contribution >= 4 is 17.6 Å². The Hall–Kier alpha value is -3.16. The maximum absolute atomic E-state index is 12.5. The minimum atomic E-state index is -0.710. The van der Waals surface area contributed by atoms with Crippen LogP contribution in [-0.2, 0) is 14.3 Å². The zero-order valence-corrected chi connectivity index (χ0v) is 13.8. The van der Waals surface area contributed by atoms with E-state index in [0.29, 0.717) is 29.1 Å². The fraction of sp³-hybridized carbons (Fsp3) is 0.294. The van der Waals surface area contributed by atoms with E-state index in [-0.39, 0.29) is 23.8 Å². The molecule has 0 fully saturated rings. The highest BCUT2D eigenvalue weighted by Gasteiger charge is 2.40. The van der Waals surface area contributed by atoms with Crippen LogP contribution in [0.15, 0.2) is 46.8 Å². The van der Waals surface area contributed by atoms with Gasteiger partial charge in [0, 0.05) is 23.5 Å². The van der Waals surface area contributed by atoms with E-state index < -0.39 is 16.8 Å². The largest absolute Gasteiger partial charge is 0.463 e. The monoisotopic (exact) mass is 343 g/mol. The first-order valence-electron chi connectivity index (χ1n) is 7.84. The second kappa shape index (κ2) is 6.39. The molecule has 0 radical (unpaired) electrons. The predicted molar refractivity (Wildman–Crippen MR) is 88.3 cm³/mol. The number of nitro groups is 1. The number of dihydropyridines is 1. The van der Waals surface area contributed by atoms with Crippen LogP contribution in [-0.4, -0.2) is 30.0 Å². The molecule has 25 heavy (non-hydrogen) atoms. The van der Waals surface area contributed by atoms with Crippen molar-refractivity contribution in [2.75, 3.05) is 13.2 Å². The van der Waals surface area contributed by atoms with Gasteiger partial charge in [-0.2, -0.15) is 0 Å². The van der Waals surface area contributed by atoms with Gasteiger partial charge in [-0.15, -0.1) is 0 Å². The molecule has 3 rings (SSSR count). The first kappa shape index (κ1) is 16.7. The Bertz CT molecular complexity index is 840. The van der Waals surface area contributed by atoms with Crippen LogP contribution in [0.4, 0.5) is 5.69 Å². The molecule has 1 aromatic carbocycles. The third-order valence-electron chi connectivity index (χ3n) is 4.22. The van der Waals surface area contributed by atoms with Gasteiger partial charge in [0.1, 0.15) is 0 Å². The topological polar surface area (TPSA) is 111 Å². The second-order valence-corrected chi connectivity index (χ2v) is 5.74. The Morgan fingerprint density at radius 1 is 1.44 bits per heavy atom. The summed E-state index contributed by atoms with van der Waals surface area (Å²) in [5.74, 6) is -1.55. The summed E-state index contributed by atoms with van der Waals surface area (Å²) in [7, 11) is 0. The number of rotatable bonds is 4. The molecule has 8 heteroatoms. The Labute approximate surface area is 143 Å². The number of esters is 1. The van der Waals surface area contributed by atoms with Crippen LogP contribution in [0.5, 0.6) is 0 Å². The smallest absolute Gasteiger partial charge is 0.336 e. The van der Waals surface area contributed by atoms with Crippen molar-refractivity contribution < 1.29 is 19.2 Å². The number of hydrogen-bond donors (Lipinski definition) is 2. The van der Waals surface area contributed by atoms with Crippen LogP contribution in [0.2, 0.25) is 0 Å². The lowest BCUT2D eigenvalue weighted by molar-refractivity contribution is -0.384.